The van der Waals surface area contributed by atoms with Crippen molar-refractivity contribution in [2.75, 3.05) is 0 Å². The van der Waals surface area contributed by atoms with Gasteiger partial charge in [-0.2, -0.15) is 0 Å². The van der Waals surface area contributed by atoms with E-state index in [4.69, 9.17) is 0 Å². The number of hydrogen-bond donors (Lipinski definition) is 0. The summed E-state index contributed by atoms with van der Waals surface area (Å²) in [6, 6.07) is 0. The highest BCUT2D eigenvalue weighted by Crippen LogP contribution is 1.97. The fraction of sp³-hybridized carbons (Fsp3) is 1.00. The molecule has 0 saturated heterocycles. The zero-order valence-electron chi connectivity index (χ0n) is 36.0. The van der Waals surface area contributed by atoms with Gasteiger partial charge < -0.3 is 0 Å². The molecule has 0 radical (unpaired) electrons. The van der Waals surface area contributed by atoms with Crippen molar-refractivity contribution in [2.24, 2.45) is 0 Å². The molecule has 0 saturated carbocycles. The lowest BCUT2D eigenvalue weighted by molar-refractivity contribution is 1.71. The molecule has 256 valence electrons. The lowest BCUT2D eigenvalue weighted by Gasteiger charge is -2.01. The van der Waals surface area contributed by atoms with Crippen LogP contribution in [0, 0.1) is 0 Å². The van der Waals surface area contributed by atoms with Crippen molar-refractivity contribution in [3.63, 3.8) is 0 Å². The van der Waals surface area contributed by atoms with Gasteiger partial charge in [0.15, 0.2) is 0 Å². The van der Waals surface area contributed by atoms with Gasteiger partial charge in [-0.25, -0.2) is 0 Å². The lowest BCUT2D eigenvalue weighted by atomic mass is 11.8. The summed E-state index contributed by atoms with van der Waals surface area (Å²) in [5, 5.41) is 0. The molecule has 0 spiro atoms. The smallest absolute Gasteiger partial charge is 0.0411 e. The number of rotatable bonds is 0. The Morgan fingerprint density at radius 3 is 0.100 bits per heavy atom. The van der Waals surface area contributed by atoms with Crippen LogP contribution in [0.1, 0.15) is 0 Å². The first-order chi connectivity index (χ1) is 16.0. The summed E-state index contributed by atoms with van der Waals surface area (Å²) in [5.74, 6) is 0. The van der Waals surface area contributed by atoms with Crippen molar-refractivity contribution in [1.82, 2.24) is 0 Å². The molecule has 40 heavy (non-hydrogen) atoms. The predicted molar refractivity (Wildman–Crippen MR) is 234 cm³/mol. The Kier molecular flexibility index (Phi) is 39.6. The zero-order valence-corrected chi connectivity index (χ0v) is 44.0. The van der Waals surface area contributed by atoms with Gasteiger partial charge in [-0.1, -0.05) is 210 Å². The fourth-order valence-electron chi connectivity index (χ4n) is 0. The maximum Gasteiger partial charge on any atom is 0.0411 e. The van der Waals surface area contributed by atoms with E-state index in [1.165, 1.54) is 0 Å². The molecule has 0 fully saturated rings. The molecule has 0 aromatic heterocycles. The highest BCUT2D eigenvalue weighted by molar-refractivity contribution is 6.76. The SMILES string of the molecule is C[Si](C)(C)C.C[Si](C)(C)C.C[Si](C)(C)C.C[Si](C)(C)C.C[Si](C)(C)C.C[Si](C)(C)C.C[Si](C)(C)C.C[Si](C)(C)C. The van der Waals surface area contributed by atoms with E-state index in [0.29, 0.717) is 0 Å². The standard InChI is InChI=1S/8C4H12Si/c8*1-5(2,3)4/h8*1-4H3. The third-order valence-corrected chi connectivity index (χ3v) is 0. The first-order valence-electron chi connectivity index (χ1n) is 16.0. The van der Waals surface area contributed by atoms with Crippen LogP contribution in [0.2, 0.25) is 210 Å². The summed E-state index contributed by atoms with van der Waals surface area (Å²) < 4.78 is 0. The Labute approximate surface area is 272 Å². The monoisotopic (exact) mass is 705 g/mol. The molecule has 0 aromatic rings. The maximum atomic E-state index is 2.33. The van der Waals surface area contributed by atoms with Crippen LogP contribution in [0.5, 0.6) is 0 Å². The van der Waals surface area contributed by atoms with Gasteiger partial charge in [-0.05, 0) is 0 Å². The van der Waals surface area contributed by atoms with Gasteiger partial charge in [0.25, 0.3) is 0 Å². The molecule has 0 nitrogen and oxygen atoms in total. The summed E-state index contributed by atoms with van der Waals surface area (Å²) in [7, 11) is -4.89. The van der Waals surface area contributed by atoms with Crippen LogP contribution in [-0.4, -0.2) is 64.6 Å². The minimum Gasteiger partial charge on any atom is -0.0697 e. The van der Waals surface area contributed by atoms with Crippen LogP contribution in [-0.2, 0) is 0 Å². The molecule has 0 heterocycles. The Balaban J connectivity index is -0.0000000488. The van der Waals surface area contributed by atoms with Crippen LogP contribution in [0.15, 0.2) is 0 Å². The Morgan fingerprint density at radius 1 is 0.100 bits per heavy atom. The van der Waals surface area contributed by atoms with Gasteiger partial charge in [0.2, 0.25) is 0 Å². The van der Waals surface area contributed by atoms with Crippen molar-refractivity contribution in [3.05, 3.63) is 0 Å². The molecule has 0 aliphatic heterocycles. The predicted octanol–water partition coefficient (Wildman–Crippen LogP) is 15.6. The molecule has 0 atom stereocenters. The van der Waals surface area contributed by atoms with E-state index in [1.54, 1.807) is 0 Å². The minimum atomic E-state index is -0.611. The first-order valence-corrected chi connectivity index (χ1v) is 48.0. The summed E-state index contributed by atoms with van der Waals surface area (Å²) in [5.41, 5.74) is 0. The van der Waals surface area contributed by atoms with Gasteiger partial charge >= 0.3 is 0 Å². The van der Waals surface area contributed by atoms with Crippen molar-refractivity contribution >= 4 is 64.6 Å². The minimum absolute atomic E-state index is 0.611. The number of hydrogen-bond acceptors (Lipinski definition) is 0. The second kappa shape index (κ2) is 26.0. The molecule has 0 bridgehead atoms. The van der Waals surface area contributed by atoms with Crippen molar-refractivity contribution in [1.29, 1.82) is 0 Å². The second-order valence-corrected chi connectivity index (χ2v) is 72.0. The van der Waals surface area contributed by atoms with Crippen LogP contribution in [0.4, 0.5) is 0 Å². The molecule has 0 amide bonds. The average molecular weight is 706 g/mol. The van der Waals surface area contributed by atoms with Gasteiger partial charge in [0.05, 0.1) is 0 Å². The van der Waals surface area contributed by atoms with Crippen molar-refractivity contribution < 1.29 is 0 Å². The summed E-state index contributed by atoms with van der Waals surface area (Å²) in [6.07, 6.45) is 0. The quantitative estimate of drug-likeness (QED) is 0.220. The van der Waals surface area contributed by atoms with Crippen LogP contribution in [0.25, 0.3) is 0 Å². The van der Waals surface area contributed by atoms with E-state index in [9.17, 15) is 0 Å². The third kappa shape index (κ3) is 19800. The Hall–Kier alpha value is 1.74. The summed E-state index contributed by atoms with van der Waals surface area (Å²) >= 11 is 0. The van der Waals surface area contributed by atoms with Crippen molar-refractivity contribution in [3.8, 4) is 0 Å². The van der Waals surface area contributed by atoms with E-state index in [1.807, 2.05) is 0 Å². The van der Waals surface area contributed by atoms with E-state index in [2.05, 4.69) is 210 Å². The van der Waals surface area contributed by atoms with Gasteiger partial charge in [-0.3, -0.25) is 0 Å². The highest BCUT2D eigenvalue weighted by Gasteiger charge is 2.02. The summed E-state index contributed by atoms with van der Waals surface area (Å²) in [6.45, 7) is 74.4. The molecule has 0 N–H and O–H groups in total. The summed E-state index contributed by atoms with van der Waals surface area (Å²) in [4.78, 5) is 0. The molecular formula is C32H96Si8. The van der Waals surface area contributed by atoms with Crippen molar-refractivity contribution in [2.45, 2.75) is 210 Å². The van der Waals surface area contributed by atoms with E-state index in [0.717, 1.165) is 0 Å². The van der Waals surface area contributed by atoms with E-state index >= 15 is 0 Å². The van der Waals surface area contributed by atoms with Gasteiger partial charge in [0.1, 0.15) is 0 Å². The van der Waals surface area contributed by atoms with Crippen LogP contribution in [0.3, 0.4) is 0 Å². The van der Waals surface area contributed by atoms with Crippen LogP contribution >= 0.6 is 0 Å². The molecular weight excluding hydrogens is 609 g/mol. The largest absolute Gasteiger partial charge is 0.0697 e. The molecule has 0 rings (SSSR count). The first kappa shape index (κ1) is 60.9. The molecule has 0 aromatic carbocycles. The van der Waals surface area contributed by atoms with Crippen LogP contribution < -0.4 is 0 Å². The lowest BCUT2D eigenvalue weighted by Crippen LogP contribution is -2.10. The second-order valence-electron chi connectivity index (χ2n) is 24.0. The maximum absolute atomic E-state index is 2.33. The molecule has 8 heteroatoms. The normalized spacial score (nSPS) is 12.0. The molecule has 0 aliphatic rings. The van der Waals surface area contributed by atoms with Gasteiger partial charge in [0, 0.05) is 64.6 Å². The zero-order chi connectivity index (χ0) is 36.0. The highest BCUT2D eigenvalue weighted by atomic mass is 28.3. The van der Waals surface area contributed by atoms with Gasteiger partial charge in [-0.15, -0.1) is 0 Å². The average Bonchev–Trinajstić information content (AvgIpc) is 2.16. The van der Waals surface area contributed by atoms with E-state index in [-0.39, 0.29) is 0 Å². The topological polar surface area (TPSA) is 0 Å². The molecule has 0 aliphatic carbocycles. The third-order valence-electron chi connectivity index (χ3n) is 0. The fourth-order valence-corrected chi connectivity index (χ4v) is 0. The van der Waals surface area contributed by atoms with E-state index < -0.39 is 64.6 Å². The Morgan fingerprint density at radius 2 is 0.100 bits per heavy atom. The Bertz CT molecular complexity index is 297. The molecule has 0 unspecified atom stereocenters.